The molecule has 1 aliphatic carbocycles. The summed E-state index contributed by atoms with van der Waals surface area (Å²) in [5, 5.41) is 8.79. The van der Waals surface area contributed by atoms with Gasteiger partial charge in [0.25, 0.3) is 0 Å². The zero-order chi connectivity index (χ0) is 20.8. The Morgan fingerprint density at radius 2 is 1.97 bits per heavy atom. The minimum absolute atomic E-state index is 0.138. The smallest absolute Gasteiger partial charge is 0.227 e. The summed E-state index contributed by atoms with van der Waals surface area (Å²) < 4.78 is 9.86. The molecule has 160 valence electrons. The van der Waals surface area contributed by atoms with Gasteiger partial charge in [-0.15, -0.1) is 5.10 Å². The van der Waals surface area contributed by atoms with Crippen LogP contribution in [0.4, 0.5) is 5.95 Å². The highest BCUT2D eigenvalue weighted by Gasteiger charge is 2.44. The molecule has 0 radical (unpaired) electrons. The van der Waals surface area contributed by atoms with Gasteiger partial charge in [0.1, 0.15) is 5.52 Å². The Labute approximate surface area is 175 Å². The summed E-state index contributed by atoms with van der Waals surface area (Å²) in [5.41, 5.74) is 2.69. The van der Waals surface area contributed by atoms with E-state index in [1.54, 1.807) is 13.4 Å². The molecule has 5 rings (SSSR count). The molecule has 0 unspecified atom stereocenters. The Kier molecular flexibility index (Phi) is 4.90. The first-order chi connectivity index (χ1) is 14.5. The van der Waals surface area contributed by atoms with Gasteiger partial charge in [-0.3, -0.25) is 0 Å². The van der Waals surface area contributed by atoms with Gasteiger partial charge in [-0.05, 0) is 38.8 Å². The number of methoxy groups -OCH3 is 1. The van der Waals surface area contributed by atoms with E-state index in [4.69, 9.17) is 9.72 Å². The molecule has 0 spiro atoms. The van der Waals surface area contributed by atoms with Crippen molar-refractivity contribution < 1.29 is 4.74 Å². The molecule has 0 N–H and O–H groups in total. The molecule has 1 saturated heterocycles. The third kappa shape index (κ3) is 3.43. The van der Waals surface area contributed by atoms with Crippen molar-refractivity contribution in [3.63, 3.8) is 0 Å². The van der Waals surface area contributed by atoms with E-state index in [0.29, 0.717) is 11.8 Å². The van der Waals surface area contributed by atoms with Crippen molar-refractivity contribution >= 4 is 17.1 Å². The van der Waals surface area contributed by atoms with Crippen molar-refractivity contribution in [3.05, 3.63) is 24.4 Å². The van der Waals surface area contributed by atoms with Crippen LogP contribution in [0.25, 0.3) is 11.2 Å². The number of aryl methyl sites for hydroxylation is 1. The van der Waals surface area contributed by atoms with E-state index in [1.165, 1.54) is 0 Å². The second-order valence-corrected chi connectivity index (χ2v) is 8.90. The number of imidazole rings is 1. The van der Waals surface area contributed by atoms with Gasteiger partial charge in [-0.2, -0.15) is 4.98 Å². The number of hydrogen-bond acceptors (Lipinski definition) is 8. The zero-order valence-corrected chi connectivity index (χ0v) is 18.0. The maximum absolute atomic E-state index is 5.90. The largest absolute Gasteiger partial charge is 0.379 e. The van der Waals surface area contributed by atoms with Crippen molar-refractivity contribution in [2.45, 2.75) is 31.5 Å². The summed E-state index contributed by atoms with van der Waals surface area (Å²) in [7, 11) is 7.85. The van der Waals surface area contributed by atoms with Crippen LogP contribution in [0.3, 0.4) is 0 Å². The third-order valence-corrected chi connectivity index (χ3v) is 6.52. The van der Waals surface area contributed by atoms with E-state index in [9.17, 15) is 0 Å². The van der Waals surface area contributed by atoms with Gasteiger partial charge in [0.2, 0.25) is 5.95 Å². The van der Waals surface area contributed by atoms with Crippen LogP contribution in [0.2, 0.25) is 0 Å². The summed E-state index contributed by atoms with van der Waals surface area (Å²) in [6.07, 6.45) is 7.90. The number of rotatable bonds is 5. The summed E-state index contributed by atoms with van der Waals surface area (Å²) in [6.45, 7) is 2.70. The second-order valence-electron chi connectivity index (χ2n) is 8.90. The summed E-state index contributed by atoms with van der Waals surface area (Å²) in [4.78, 5) is 18.1. The Hall–Kier alpha value is -2.59. The van der Waals surface area contributed by atoms with Crippen LogP contribution in [0.15, 0.2) is 18.7 Å². The maximum Gasteiger partial charge on any atom is 0.227 e. The van der Waals surface area contributed by atoms with E-state index >= 15 is 0 Å². The highest BCUT2D eigenvalue weighted by atomic mass is 16.5. The Balaban J connectivity index is 1.34. The van der Waals surface area contributed by atoms with Crippen molar-refractivity contribution in [2.75, 3.05) is 39.2 Å². The fourth-order valence-electron chi connectivity index (χ4n) is 5.01. The Bertz CT molecular complexity index is 1030. The van der Waals surface area contributed by atoms with E-state index in [1.807, 2.05) is 36.6 Å². The zero-order valence-electron chi connectivity index (χ0n) is 18.0. The molecule has 4 heterocycles. The number of anilines is 1. The number of fused-ring (bicyclic) bond motifs is 2. The average Bonchev–Trinajstić information content (AvgIpc) is 3.44. The van der Waals surface area contributed by atoms with Crippen molar-refractivity contribution in [2.24, 2.45) is 18.9 Å². The molecule has 0 aromatic carbocycles. The Morgan fingerprint density at radius 3 is 2.73 bits per heavy atom. The molecule has 30 heavy (non-hydrogen) atoms. The number of hydrogen-bond donors (Lipinski definition) is 0. The average molecular weight is 412 g/mol. The molecular formula is C20H29N9O. The maximum atomic E-state index is 5.90. The van der Waals surface area contributed by atoms with Gasteiger partial charge in [0.15, 0.2) is 5.65 Å². The lowest BCUT2D eigenvalue weighted by molar-refractivity contribution is -0.00543. The molecule has 3 aromatic heterocycles. The minimum Gasteiger partial charge on any atom is -0.379 e. The van der Waals surface area contributed by atoms with E-state index in [2.05, 4.69) is 36.3 Å². The molecule has 0 amide bonds. The molecule has 3 aromatic rings. The lowest BCUT2D eigenvalue weighted by Gasteiger charge is -2.36. The van der Waals surface area contributed by atoms with Crippen molar-refractivity contribution in [1.82, 2.24) is 39.4 Å². The minimum atomic E-state index is 0.138. The molecule has 10 heteroatoms. The molecule has 1 saturated carbocycles. The van der Waals surface area contributed by atoms with E-state index in [0.717, 1.165) is 55.3 Å². The lowest BCUT2D eigenvalue weighted by atomic mass is 9.77. The molecule has 1 aliphatic heterocycles. The van der Waals surface area contributed by atoms with Crippen molar-refractivity contribution in [1.29, 1.82) is 0 Å². The fraction of sp³-hybridized carbons (Fsp3) is 0.650. The fourth-order valence-corrected chi connectivity index (χ4v) is 5.01. The molecule has 10 nitrogen and oxygen atoms in total. The SMILES string of the molecule is CO[C@@H]1C[C@H]2CN(c3ncc4c(ncn4C)n3)C[C@H]2C[C@H]1n1cc(CN(C)C)nn1. The number of nitrogens with zero attached hydrogens (tertiary/aromatic N) is 9. The molecule has 4 atom stereocenters. The summed E-state index contributed by atoms with van der Waals surface area (Å²) in [6, 6.07) is 0.207. The first-order valence-corrected chi connectivity index (χ1v) is 10.5. The first kappa shape index (κ1) is 19.4. The van der Waals surface area contributed by atoms with Gasteiger partial charge >= 0.3 is 0 Å². The quantitative estimate of drug-likeness (QED) is 0.617. The predicted octanol–water partition coefficient (Wildman–Crippen LogP) is 1.12. The Morgan fingerprint density at radius 1 is 1.17 bits per heavy atom. The van der Waals surface area contributed by atoms with Crippen LogP contribution >= 0.6 is 0 Å². The van der Waals surface area contributed by atoms with Crippen LogP contribution in [-0.4, -0.2) is 79.8 Å². The van der Waals surface area contributed by atoms with Gasteiger partial charge in [0, 0.05) is 33.8 Å². The van der Waals surface area contributed by atoms with Crippen LogP contribution in [0, 0.1) is 11.8 Å². The van der Waals surface area contributed by atoms with Crippen LogP contribution in [0.1, 0.15) is 24.6 Å². The van der Waals surface area contributed by atoms with Crippen LogP contribution in [-0.2, 0) is 18.3 Å². The topological polar surface area (TPSA) is 90.0 Å². The first-order valence-electron chi connectivity index (χ1n) is 10.5. The second kappa shape index (κ2) is 7.59. The van der Waals surface area contributed by atoms with Gasteiger partial charge in [-0.1, -0.05) is 5.21 Å². The molecular weight excluding hydrogens is 382 g/mol. The molecule has 2 fully saturated rings. The van der Waals surface area contributed by atoms with Crippen LogP contribution < -0.4 is 4.90 Å². The number of ether oxygens (including phenoxy) is 1. The van der Waals surface area contributed by atoms with Crippen LogP contribution in [0.5, 0.6) is 0 Å². The monoisotopic (exact) mass is 411 g/mol. The summed E-state index contributed by atoms with van der Waals surface area (Å²) in [5.74, 6) is 1.90. The standard InChI is InChI=1S/C20H29N9O/c1-26(2)10-15-11-29(25-24-15)16-5-13-8-28(9-14(13)6-18(16)30-4)20-21-7-17-19(23-20)22-12-27(17)3/h7,11-14,16,18H,5-6,8-10H2,1-4H3/t13-,14+,16-,18-/m1/s1. The highest BCUT2D eigenvalue weighted by Crippen LogP contribution is 2.42. The summed E-state index contributed by atoms with van der Waals surface area (Å²) >= 11 is 0. The normalized spacial score (nSPS) is 26.6. The third-order valence-electron chi connectivity index (χ3n) is 6.52. The molecule has 2 aliphatic rings. The number of aromatic nitrogens is 7. The molecule has 0 bridgehead atoms. The van der Waals surface area contributed by atoms with Gasteiger partial charge in [-0.25, -0.2) is 14.6 Å². The van der Waals surface area contributed by atoms with E-state index < -0.39 is 0 Å². The van der Waals surface area contributed by atoms with Crippen molar-refractivity contribution in [3.8, 4) is 0 Å². The predicted molar refractivity (Wildman–Crippen MR) is 112 cm³/mol. The van der Waals surface area contributed by atoms with E-state index in [-0.39, 0.29) is 12.1 Å². The van der Waals surface area contributed by atoms with Gasteiger partial charge < -0.3 is 19.1 Å². The highest BCUT2D eigenvalue weighted by molar-refractivity contribution is 5.71. The lowest BCUT2D eigenvalue weighted by Crippen LogP contribution is -2.37. The van der Waals surface area contributed by atoms with Gasteiger partial charge in [0.05, 0.1) is 36.6 Å².